The quantitative estimate of drug-likeness (QED) is 0.466. The van der Waals surface area contributed by atoms with Gasteiger partial charge in [-0.2, -0.15) is 0 Å². The minimum absolute atomic E-state index is 0.00406. The molecule has 6 heteroatoms. The Morgan fingerprint density at radius 2 is 2.00 bits per heavy atom. The van der Waals surface area contributed by atoms with Crippen LogP contribution in [0.15, 0.2) is 35.5 Å². The van der Waals surface area contributed by atoms with Crippen LogP contribution in [0.5, 0.6) is 0 Å². The number of hydrogen-bond acceptors (Lipinski definition) is 4. The Balaban J connectivity index is 2.05. The molecule has 24 heavy (non-hydrogen) atoms. The van der Waals surface area contributed by atoms with Gasteiger partial charge in [-0.3, -0.25) is 10.1 Å². The van der Waals surface area contributed by atoms with Gasteiger partial charge in [0.2, 0.25) is 0 Å². The van der Waals surface area contributed by atoms with Gasteiger partial charge >= 0.3 is 0 Å². The normalized spacial score (nSPS) is 11.9. The van der Waals surface area contributed by atoms with E-state index in [0.717, 1.165) is 11.3 Å². The molecule has 0 unspecified atom stereocenters. The molecule has 2 aromatic rings. The van der Waals surface area contributed by atoms with Gasteiger partial charge in [0.05, 0.1) is 11.1 Å². The molecule has 1 aromatic heterocycles. The third-order valence-electron chi connectivity index (χ3n) is 3.76. The molecule has 1 heterocycles. The Morgan fingerprint density at radius 1 is 1.29 bits per heavy atom. The summed E-state index contributed by atoms with van der Waals surface area (Å²) in [7, 11) is 0. The van der Waals surface area contributed by atoms with Crippen LogP contribution in [0.4, 0.5) is 5.69 Å². The van der Waals surface area contributed by atoms with Crippen LogP contribution in [0.25, 0.3) is 0 Å². The van der Waals surface area contributed by atoms with Crippen LogP contribution in [0, 0.1) is 24.0 Å². The molecule has 0 atom stereocenters. The van der Waals surface area contributed by atoms with Gasteiger partial charge in [-0.25, -0.2) is 0 Å². The monoisotopic (exact) mass is 329 g/mol. The van der Waals surface area contributed by atoms with Crippen LogP contribution >= 0.6 is 0 Å². The lowest BCUT2D eigenvalue weighted by Gasteiger charge is -2.25. The van der Waals surface area contributed by atoms with Gasteiger partial charge in [-0.05, 0) is 46.2 Å². The molecule has 0 saturated carbocycles. The van der Waals surface area contributed by atoms with Crippen molar-refractivity contribution in [3.63, 3.8) is 0 Å². The molecule has 0 fully saturated rings. The van der Waals surface area contributed by atoms with Crippen molar-refractivity contribution >= 4 is 11.9 Å². The van der Waals surface area contributed by atoms with E-state index in [1.807, 2.05) is 0 Å². The average Bonchev–Trinajstić information content (AvgIpc) is 2.78. The highest BCUT2D eigenvalue weighted by atomic mass is 16.6. The predicted molar refractivity (Wildman–Crippen MR) is 94.4 cm³/mol. The molecule has 6 nitrogen and oxygen atoms in total. The summed E-state index contributed by atoms with van der Waals surface area (Å²) in [6, 6.07) is 8.42. The number of aryl methyl sites for hydroxylation is 1. The third kappa shape index (κ3) is 4.01. The fourth-order valence-corrected chi connectivity index (χ4v) is 2.92. The molecule has 0 N–H and O–H groups in total. The van der Waals surface area contributed by atoms with E-state index in [0.29, 0.717) is 5.56 Å². The van der Waals surface area contributed by atoms with Crippen LogP contribution in [0.3, 0.4) is 0 Å². The van der Waals surface area contributed by atoms with E-state index in [1.54, 1.807) is 18.3 Å². The first-order valence-electron chi connectivity index (χ1n) is 7.78. The molecule has 0 aliphatic carbocycles. The highest BCUT2D eigenvalue weighted by Crippen LogP contribution is 2.23. The Labute approximate surface area is 141 Å². The summed E-state index contributed by atoms with van der Waals surface area (Å²) in [5.41, 5.74) is 4.06. The summed E-state index contributed by atoms with van der Waals surface area (Å²) in [4.78, 5) is 15.6. The van der Waals surface area contributed by atoms with Gasteiger partial charge < -0.3 is 9.40 Å². The molecule has 0 radical (unpaired) electrons. The topological polar surface area (TPSA) is 69.7 Å². The molecule has 0 amide bonds. The largest absolute Gasteiger partial charge is 0.391 e. The summed E-state index contributed by atoms with van der Waals surface area (Å²) in [6.45, 7) is 10.8. The van der Waals surface area contributed by atoms with Gasteiger partial charge in [-0.1, -0.05) is 17.3 Å². The smallest absolute Gasteiger partial charge is 0.269 e. The first kappa shape index (κ1) is 17.7. The van der Waals surface area contributed by atoms with Crippen molar-refractivity contribution < 1.29 is 9.76 Å². The Morgan fingerprint density at radius 3 is 2.58 bits per heavy atom. The van der Waals surface area contributed by atoms with Crippen molar-refractivity contribution in [3.05, 3.63) is 63.0 Å². The molecule has 0 aliphatic rings. The summed E-state index contributed by atoms with van der Waals surface area (Å²) in [5, 5.41) is 14.8. The second kappa shape index (κ2) is 6.86. The highest BCUT2D eigenvalue weighted by Gasteiger charge is 2.19. The highest BCUT2D eigenvalue weighted by molar-refractivity contribution is 5.81. The van der Waals surface area contributed by atoms with Crippen LogP contribution in [0.2, 0.25) is 0 Å². The number of nitrogens with zero attached hydrogens (tertiary/aromatic N) is 3. The fourth-order valence-electron chi connectivity index (χ4n) is 2.92. The second-order valence-corrected chi connectivity index (χ2v) is 6.77. The zero-order valence-corrected chi connectivity index (χ0v) is 14.7. The Kier molecular flexibility index (Phi) is 5.07. The number of hydrogen-bond donors (Lipinski definition) is 0. The van der Waals surface area contributed by atoms with Gasteiger partial charge in [-0.15, -0.1) is 0 Å². The van der Waals surface area contributed by atoms with Crippen molar-refractivity contribution in [1.29, 1.82) is 0 Å². The zero-order chi connectivity index (χ0) is 17.9. The predicted octanol–water partition coefficient (Wildman–Crippen LogP) is 4.32. The van der Waals surface area contributed by atoms with Crippen molar-refractivity contribution in [2.45, 2.75) is 46.8 Å². The number of non-ortho nitro benzene ring substituents is 1. The lowest BCUT2D eigenvalue weighted by molar-refractivity contribution is -0.384. The minimum atomic E-state index is -0.422. The lowest BCUT2D eigenvalue weighted by Crippen LogP contribution is -2.24. The third-order valence-corrected chi connectivity index (χ3v) is 3.76. The lowest BCUT2D eigenvalue weighted by atomic mass is 10.1. The average molecular weight is 329 g/mol. The zero-order valence-electron chi connectivity index (χ0n) is 14.7. The van der Waals surface area contributed by atoms with Crippen molar-refractivity contribution in [3.8, 4) is 0 Å². The number of nitro groups is 1. The van der Waals surface area contributed by atoms with E-state index in [1.165, 1.54) is 17.8 Å². The Bertz CT molecular complexity index is 770. The summed E-state index contributed by atoms with van der Waals surface area (Å²) in [5.74, 6) is 0. The molecule has 0 bridgehead atoms. The number of oxime groups is 1. The van der Waals surface area contributed by atoms with E-state index in [2.05, 4.69) is 50.4 Å². The molecule has 2 rings (SSSR count). The molecule has 0 aliphatic heterocycles. The Hall–Kier alpha value is -2.63. The molecular formula is C18H23N3O3. The molecule has 128 valence electrons. The maximum atomic E-state index is 10.8. The maximum absolute atomic E-state index is 10.8. The van der Waals surface area contributed by atoms with E-state index >= 15 is 0 Å². The van der Waals surface area contributed by atoms with Crippen LogP contribution in [0.1, 0.15) is 43.3 Å². The van der Waals surface area contributed by atoms with Crippen molar-refractivity contribution in [2.75, 3.05) is 0 Å². The molecule has 0 saturated heterocycles. The van der Waals surface area contributed by atoms with Crippen LogP contribution < -0.4 is 0 Å². The van der Waals surface area contributed by atoms with Crippen molar-refractivity contribution in [1.82, 2.24) is 4.57 Å². The number of nitro benzene ring substituents is 1. The first-order valence-corrected chi connectivity index (χ1v) is 7.78. The van der Waals surface area contributed by atoms with Gasteiger partial charge in [0.1, 0.15) is 6.61 Å². The van der Waals surface area contributed by atoms with Gasteiger partial charge in [0.25, 0.3) is 5.69 Å². The number of rotatable bonds is 5. The molecular weight excluding hydrogens is 306 g/mol. The van der Waals surface area contributed by atoms with E-state index in [9.17, 15) is 10.1 Å². The van der Waals surface area contributed by atoms with E-state index < -0.39 is 4.92 Å². The van der Waals surface area contributed by atoms with Crippen LogP contribution in [-0.4, -0.2) is 15.7 Å². The van der Waals surface area contributed by atoms with Gasteiger partial charge in [0.15, 0.2) is 0 Å². The SMILES string of the molecule is Cc1cc(/C=N\OCc2cccc([N+](=O)[O-])c2)c(C)n1C(C)(C)C. The maximum Gasteiger partial charge on any atom is 0.269 e. The molecule has 1 aromatic carbocycles. The van der Waals surface area contributed by atoms with E-state index in [-0.39, 0.29) is 17.8 Å². The summed E-state index contributed by atoms with van der Waals surface area (Å²) >= 11 is 0. The van der Waals surface area contributed by atoms with Crippen molar-refractivity contribution in [2.24, 2.45) is 5.16 Å². The first-order chi connectivity index (χ1) is 11.2. The second-order valence-electron chi connectivity index (χ2n) is 6.77. The standard InChI is InChI=1S/C18H23N3O3/c1-13-9-16(14(2)20(13)18(3,4)5)11-19-24-12-15-7-6-8-17(10-15)21(22)23/h6-11H,12H2,1-5H3/b19-11-. The summed E-state index contributed by atoms with van der Waals surface area (Å²) < 4.78 is 2.26. The fraction of sp³-hybridized carbons (Fsp3) is 0.389. The van der Waals surface area contributed by atoms with Crippen LogP contribution in [-0.2, 0) is 17.0 Å². The number of benzene rings is 1. The molecule has 0 spiro atoms. The number of aromatic nitrogens is 1. The minimum Gasteiger partial charge on any atom is -0.391 e. The summed E-state index contributed by atoms with van der Waals surface area (Å²) in [6.07, 6.45) is 1.68. The van der Waals surface area contributed by atoms with Gasteiger partial charge in [0, 0.05) is 34.6 Å². The van der Waals surface area contributed by atoms with E-state index in [4.69, 9.17) is 4.84 Å².